The topological polar surface area (TPSA) is 70.1 Å². The van der Waals surface area contributed by atoms with Gasteiger partial charge in [-0.05, 0) is 26.8 Å². The Balaban J connectivity index is 2.72. The summed E-state index contributed by atoms with van der Waals surface area (Å²) >= 11 is 0. The van der Waals surface area contributed by atoms with E-state index in [0.717, 1.165) is 5.69 Å². The maximum absolute atomic E-state index is 11.4. The maximum Gasteiger partial charge on any atom is 0.325 e. The lowest BCUT2D eigenvalue weighted by Gasteiger charge is -2.19. The van der Waals surface area contributed by atoms with Gasteiger partial charge in [0.25, 0.3) is 0 Å². The van der Waals surface area contributed by atoms with Crippen molar-refractivity contribution in [3.63, 3.8) is 0 Å². The highest BCUT2D eigenvalue weighted by molar-refractivity contribution is 5.76. The summed E-state index contributed by atoms with van der Waals surface area (Å²) in [6.45, 7) is 5.87. The normalized spacial score (nSPS) is 14.7. The van der Waals surface area contributed by atoms with E-state index in [1.54, 1.807) is 17.8 Å². The number of hydrogen-bond acceptors (Lipinski definition) is 4. The number of ether oxygens (including phenoxy) is 1. The molecule has 2 N–H and O–H groups in total. The molecule has 0 bridgehead atoms. The standard InChI is InChI=1S/C10H17N3O2/c1-4-15-10(14)9(11)8(3)13-7(2)5-6-12-13/h5-6,8-9H,4,11H2,1-3H3. The Bertz CT molecular complexity index is 335. The summed E-state index contributed by atoms with van der Waals surface area (Å²) in [5.74, 6) is -0.389. The van der Waals surface area contributed by atoms with E-state index in [1.165, 1.54) is 0 Å². The molecule has 0 radical (unpaired) electrons. The van der Waals surface area contributed by atoms with Crippen LogP contribution in [0.4, 0.5) is 0 Å². The SMILES string of the molecule is CCOC(=O)C(N)C(C)n1nccc1C. The van der Waals surface area contributed by atoms with Gasteiger partial charge in [0.1, 0.15) is 6.04 Å². The molecule has 0 saturated carbocycles. The third kappa shape index (κ3) is 2.56. The van der Waals surface area contributed by atoms with Crippen LogP contribution >= 0.6 is 0 Å². The average molecular weight is 211 g/mol. The Morgan fingerprint density at radius 1 is 1.73 bits per heavy atom. The molecule has 0 aliphatic rings. The lowest BCUT2D eigenvalue weighted by Crippen LogP contribution is -2.40. The third-order valence-corrected chi connectivity index (χ3v) is 2.33. The number of rotatable bonds is 4. The largest absolute Gasteiger partial charge is 0.465 e. The molecule has 1 rings (SSSR count). The van der Waals surface area contributed by atoms with Gasteiger partial charge >= 0.3 is 5.97 Å². The predicted octanol–water partition coefficient (Wildman–Crippen LogP) is 0.643. The van der Waals surface area contributed by atoms with E-state index in [9.17, 15) is 4.79 Å². The Labute approximate surface area is 89.2 Å². The number of nitrogens with zero attached hydrogens (tertiary/aromatic N) is 2. The van der Waals surface area contributed by atoms with Gasteiger partial charge in [0.15, 0.2) is 0 Å². The van der Waals surface area contributed by atoms with Crippen molar-refractivity contribution in [2.75, 3.05) is 6.61 Å². The van der Waals surface area contributed by atoms with Gasteiger partial charge in [0.2, 0.25) is 0 Å². The van der Waals surface area contributed by atoms with Crippen LogP contribution < -0.4 is 5.73 Å². The molecule has 2 atom stereocenters. The van der Waals surface area contributed by atoms with Crippen molar-refractivity contribution in [2.24, 2.45) is 5.73 Å². The van der Waals surface area contributed by atoms with E-state index in [4.69, 9.17) is 10.5 Å². The average Bonchev–Trinajstić information content (AvgIpc) is 2.62. The Morgan fingerprint density at radius 2 is 2.40 bits per heavy atom. The van der Waals surface area contributed by atoms with E-state index < -0.39 is 6.04 Å². The molecular weight excluding hydrogens is 194 g/mol. The molecule has 0 saturated heterocycles. The van der Waals surface area contributed by atoms with E-state index in [0.29, 0.717) is 6.61 Å². The van der Waals surface area contributed by atoms with Crippen LogP contribution in [0.5, 0.6) is 0 Å². The van der Waals surface area contributed by atoms with Gasteiger partial charge in [-0.25, -0.2) is 0 Å². The summed E-state index contributed by atoms with van der Waals surface area (Å²) in [4.78, 5) is 11.4. The highest BCUT2D eigenvalue weighted by Crippen LogP contribution is 2.12. The van der Waals surface area contributed by atoms with Crippen molar-refractivity contribution < 1.29 is 9.53 Å². The minimum absolute atomic E-state index is 0.195. The Morgan fingerprint density at radius 3 is 2.87 bits per heavy atom. The molecule has 0 aliphatic carbocycles. The molecule has 1 aromatic heterocycles. The van der Waals surface area contributed by atoms with Crippen molar-refractivity contribution in [1.82, 2.24) is 9.78 Å². The second-order valence-electron chi connectivity index (χ2n) is 3.44. The Kier molecular flexibility index (Phi) is 3.85. The van der Waals surface area contributed by atoms with Gasteiger partial charge in [0, 0.05) is 11.9 Å². The maximum atomic E-state index is 11.4. The summed E-state index contributed by atoms with van der Waals surface area (Å²) < 4.78 is 6.58. The zero-order valence-electron chi connectivity index (χ0n) is 9.30. The number of aryl methyl sites for hydroxylation is 1. The molecule has 5 nitrogen and oxygen atoms in total. The fraction of sp³-hybridized carbons (Fsp3) is 0.600. The van der Waals surface area contributed by atoms with Crippen LogP contribution in [0.15, 0.2) is 12.3 Å². The van der Waals surface area contributed by atoms with Crippen molar-refractivity contribution in [3.8, 4) is 0 Å². The molecule has 1 aromatic rings. The van der Waals surface area contributed by atoms with Crippen LogP contribution in [0, 0.1) is 6.92 Å². The molecule has 1 heterocycles. The van der Waals surface area contributed by atoms with Crippen molar-refractivity contribution in [3.05, 3.63) is 18.0 Å². The quantitative estimate of drug-likeness (QED) is 0.742. The van der Waals surface area contributed by atoms with Crippen molar-refractivity contribution >= 4 is 5.97 Å². The summed E-state index contributed by atoms with van der Waals surface area (Å²) in [7, 11) is 0. The predicted molar refractivity (Wildman–Crippen MR) is 56.3 cm³/mol. The lowest BCUT2D eigenvalue weighted by atomic mass is 10.1. The minimum atomic E-state index is -0.677. The van der Waals surface area contributed by atoms with Gasteiger partial charge in [-0.2, -0.15) is 5.10 Å². The molecule has 2 unspecified atom stereocenters. The third-order valence-electron chi connectivity index (χ3n) is 2.33. The lowest BCUT2D eigenvalue weighted by molar-refractivity contribution is -0.145. The van der Waals surface area contributed by atoms with Crippen LogP contribution in [-0.2, 0) is 9.53 Å². The van der Waals surface area contributed by atoms with Gasteiger partial charge in [-0.3, -0.25) is 9.48 Å². The van der Waals surface area contributed by atoms with Crippen LogP contribution in [0.25, 0.3) is 0 Å². The summed E-state index contributed by atoms with van der Waals surface area (Å²) in [5.41, 5.74) is 6.75. The van der Waals surface area contributed by atoms with Crippen molar-refractivity contribution in [1.29, 1.82) is 0 Å². The van der Waals surface area contributed by atoms with E-state index in [1.807, 2.05) is 19.9 Å². The zero-order chi connectivity index (χ0) is 11.4. The molecule has 0 amide bonds. The number of carbonyl (C=O) groups excluding carboxylic acids is 1. The minimum Gasteiger partial charge on any atom is -0.465 e. The molecule has 84 valence electrons. The van der Waals surface area contributed by atoms with E-state index in [-0.39, 0.29) is 12.0 Å². The smallest absolute Gasteiger partial charge is 0.325 e. The number of nitrogens with two attached hydrogens (primary N) is 1. The van der Waals surface area contributed by atoms with Gasteiger partial charge in [0.05, 0.1) is 12.6 Å². The first kappa shape index (κ1) is 11.7. The Hall–Kier alpha value is -1.36. The second-order valence-corrected chi connectivity index (χ2v) is 3.44. The molecular formula is C10H17N3O2. The van der Waals surface area contributed by atoms with Crippen LogP contribution in [-0.4, -0.2) is 28.4 Å². The second kappa shape index (κ2) is 4.93. The van der Waals surface area contributed by atoms with Crippen LogP contribution in [0.2, 0.25) is 0 Å². The van der Waals surface area contributed by atoms with Crippen LogP contribution in [0.3, 0.4) is 0 Å². The molecule has 0 aliphatic heterocycles. The molecule has 5 heteroatoms. The van der Waals surface area contributed by atoms with Crippen LogP contribution in [0.1, 0.15) is 25.6 Å². The monoisotopic (exact) mass is 211 g/mol. The fourth-order valence-electron chi connectivity index (χ4n) is 1.39. The molecule has 0 fully saturated rings. The first-order chi connectivity index (χ1) is 7.07. The van der Waals surface area contributed by atoms with Gasteiger partial charge in [-0.15, -0.1) is 0 Å². The number of esters is 1. The number of hydrogen-bond donors (Lipinski definition) is 1. The summed E-state index contributed by atoms with van der Waals surface area (Å²) in [6.07, 6.45) is 1.68. The fourth-order valence-corrected chi connectivity index (χ4v) is 1.39. The summed E-state index contributed by atoms with van der Waals surface area (Å²) in [6, 6.07) is 0.997. The highest BCUT2D eigenvalue weighted by Gasteiger charge is 2.24. The van der Waals surface area contributed by atoms with E-state index >= 15 is 0 Å². The molecule has 0 spiro atoms. The first-order valence-corrected chi connectivity index (χ1v) is 5.00. The first-order valence-electron chi connectivity index (χ1n) is 5.00. The number of aromatic nitrogens is 2. The molecule has 0 aromatic carbocycles. The number of carbonyl (C=O) groups is 1. The van der Waals surface area contributed by atoms with Gasteiger partial charge in [-0.1, -0.05) is 0 Å². The van der Waals surface area contributed by atoms with Gasteiger partial charge < -0.3 is 10.5 Å². The van der Waals surface area contributed by atoms with E-state index in [2.05, 4.69) is 5.10 Å². The van der Waals surface area contributed by atoms with Crippen molar-refractivity contribution in [2.45, 2.75) is 32.9 Å². The highest BCUT2D eigenvalue weighted by atomic mass is 16.5. The zero-order valence-corrected chi connectivity index (χ0v) is 9.30. The molecule has 15 heavy (non-hydrogen) atoms. The summed E-state index contributed by atoms with van der Waals surface area (Å²) in [5, 5.41) is 4.11.